The summed E-state index contributed by atoms with van der Waals surface area (Å²) in [5.41, 5.74) is 0. The third-order valence-electron chi connectivity index (χ3n) is 4.53. The minimum absolute atomic E-state index is 0.126. The Labute approximate surface area is 158 Å². The highest BCUT2D eigenvalue weighted by atomic mass is 32.2. The Balaban J connectivity index is 1.89. The first-order valence-corrected chi connectivity index (χ1v) is 11.4. The van der Waals surface area contributed by atoms with Gasteiger partial charge < -0.3 is 14.4 Å². The molecule has 3 rings (SSSR count). The SMILES string of the molecule is CCN(CC)C(=O)[C@@H]1CSCN1S(=O)(=O)c1ccc2c(c1)OCCCO2. The van der Waals surface area contributed by atoms with Crippen LogP contribution in [0.1, 0.15) is 20.3 Å². The number of hydrogen-bond donors (Lipinski definition) is 0. The highest BCUT2D eigenvalue weighted by Gasteiger charge is 2.41. The zero-order valence-corrected chi connectivity index (χ0v) is 16.6. The number of thioether (sulfide) groups is 1. The predicted molar refractivity (Wildman–Crippen MR) is 100 cm³/mol. The van der Waals surface area contributed by atoms with Crippen molar-refractivity contribution in [3.8, 4) is 11.5 Å². The van der Waals surface area contributed by atoms with Crippen molar-refractivity contribution in [2.24, 2.45) is 0 Å². The summed E-state index contributed by atoms with van der Waals surface area (Å²) >= 11 is 1.45. The van der Waals surface area contributed by atoms with Crippen LogP contribution in [-0.4, -0.2) is 67.5 Å². The van der Waals surface area contributed by atoms with Crippen LogP contribution in [0.3, 0.4) is 0 Å². The van der Waals surface area contributed by atoms with E-state index >= 15 is 0 Å². The van der Waals surface area contributed by atoms with Crippen LogP contribution >= 0.6 is 11.8 Å². The highest BCUT2D eigenvalue weighted by Crippen LogP contribution is 2.35. The monoisotopic (exact) mass is 400 g/mol. The molecule has 2 aliphatic heterocycles. The molecule has 1 saturated heterocycles. The van der Waals surface area contributed by atoms with Gasteiger partial charge in [-0.3, -0.25) is 4.79 Å². The molecule has 0 aromatic heterocycles. The molecule has 0 saturated carbocycles. The van der Waals surface area contributed by atoms with Crippen LogP contribution in [0.15, 0.2) is 23.1 Å². The first kappa shape index (κ1) is 19.3. The van der Waals surface area contributed by atoms with Crippen LogP contribution < -0.4 is 9.47 Å². The molecule has 0 radical (unpaired) electrons. The average molecular weight is 401 g/mol. The number of rotatable bonds is 5. The van der Waals surface area contributed by atoms with Crippen molar-refractivity contribution in [2.45, 2.75) is 31.2 Å². The third-order valence-corrected chi connectivity index (χ3v) is 7.55. The fourth-order valence-electron chi connectivity index (χ4n) is 3.04. The van der Waals surface area contributed by atoms with E-state index in [1.807, 2.05) is 13.8 Å². The maximum absolute atomic E-state index is 13.2. The molecule has 2 aliphatic rings. The molecule has 1 aromatic carbocycles. The van der Waals surface area contributed by atoms with Gasteiger partial charge in [0, 0.05) is 31.3 Å². The summed E-state index contributed by atoms with van der Waals surface area (Å²) in [6.45, 7) is 5.95. The Kier molecular flexibility index (Phi) is 5.99. The van der Waals surface area contributed by atoms with Crippen molar-refractivity contribution in [1.82, 2.24) is 9.21 Å². The first-order valence-electron chi connectivity index (χ1n) is 8.77. The average Bonchev–Trinajstić information content (AvgIpc) is 3.02. The minimum Gasteiger partial charge on any atom is -0.490 e. The lowest BCUT2D eigenvalue weighted by molar-refractivity contribution is -0.133. The van der Waals surface area contributed by atoms with Gasteiger partial charge in [0.05, 0.1) is 24.0 Å². The topological polar surface area (TPSA) is 76.2 Å². The highest BCUT2D eigenvalue weighted by molar-refractivity contribution is 8.00. The molecule has 144 valence electrons. The number of sulfonamides is 1. The zero-order valence-electron chi connectivity index (χ0n) is 15.0. The Bertz CT molecular complexity index is 764. The lowest BCUT2D eigenvalue weighted by atomic mass is 10.3. The summed E-state index contributed by atoms with van der Waals surface area (Å²) in [6, 6.07) is 3.97. The smallest absolute Gasteiger partial charge is 0.244 e. The molecule has 0 aliphatic carbocycles. The summed E-state index contributed by atoms with van der Waals surface area (Å²) < 4.78 is 38.8. The van der Waals surface area contributed by atoms with Crippen molar-refractivity contribution in [2.75, 3.05) is 37.9 Å². The summed E-state index contributed by atoms with van der Waals surface area (Å²) in [4.78, 5) is 14.5. The van der Waals surface area contributed by atoms with Gasteiger partial charge in [-0.2, -0.15) is 4.31 Å². The fourth-order valence-corrected chi connectivity index (χ4v) is 6.19. The summed E-state index contributed by atoms with van der Waals surface area (Å²) in [5.74, 6) is 1.58. The van der Waals surface area contributed by atoms with Gasteiger partial charge in [-0.15, -0.1) is 11.8 Å². The molecule has 0 spiro atoms. The summed E-state index contributed by atoms with van der Waals surface area (Å²) in [6.07, 6.45) is 0.750. The Morgan fingerprint density at radius 1 is 1.23 bits per heavy atom. The van der Waals surface area contributed by atoms with E-state index in [1.165, 1.54) is 28.2 Å². The van der Waals surface area contributed by atoms with Gasteiger partial charge in [-0.1, -0.05) is 0 Å². The molecule has 26 heavy (non-hydrogen) atoms. The van der Waals surface area contributed by atoms with Crippen LogP contribution in [0.2, 0.25) is 0 Å². The number of nitrogens with zero attached hydrogens (tertiary/aromatic N) is 2. The molecule has 0 unspecified atom stereocenters. The molecular weight excluding hydrogens is 376 g/mol. The fraction of sp³-hybridized carbons (Fsp3) is 0.588. The van der Waals surface area contributed by atoms with Gasteiger partial charge >= 0.3 is 0 Å². The number of benzene rings is 1. The number of hydrogen-bond acceptors (Lipinski definition) is 6. The van der Waals surface area contributed by atoms with Crippen molar-refractivity contribution >= 4 is 27.7 Å². The quantitative estimate of drug-likeness (QED) is 0.750. The van der Waals surface area contributed by atoms with Crippen molar-refractivity contribution in [3.63, 3.8) is 0 Å². The molecule has 1 atom stereocenters. The second-order valence-electron chi connectivity index (χ2n) is 6.08. The minimum atomic E-state index is -3.80. The van der Waals surface area contributed by atoms with Gasteiger partial charge in [-0.05, 0) is 26.0 Å². The van der Waals surface area contributed by atoms with E-state index in [1.54, 1.807) is 11.0 Å². The maximum Gasteiger partial charge on any atom is 0.244 e. The van der Waals surface area contributed by atoms with Crippen LogP contribution in [0, 0.1) is 0 Å². The molecule has 2 heterocycles. The van der Waals surface area contributed by atoms with Crippen LogP contribution in [0.4, 0.5) is 0 Å². The molecule has 7 nitrogen and oxygen atoms in total. The van der Waals surface area contributed by atoms with Crippen molar-refractivity contribution < 1.29 is 22.7 Å². The van der Waals surface area contributed by atoms with E-state index in [0.29, 0.717) is 43.6 Å². The molecular formula is C17H24N2O5S2. The van der Waals surface area contributed by atoms with E-state index in [9.17, 15) is 13.2 Å². The van der Waals surface area contributed by atoms with Gasteiger partial charge in [0.1, 0.15) is 6.04 Å². The molecule has 9 heteroatoms. The number of carbonyl (C=O) groups excluding carboxylic acids is 1. The Morgan fingerprint density at radius 3 is 2.62 bits per heavy atom. The van der Waals surface area contributed by atoms with Gasteiger partial charge in [0.25, 0.3) is 0 Å². The number of fused-ring (bicyclic) bond motifs is 1. The summed E-state index contributed by atoms with van der Waals surface area (Å²) in [5, 5.41) is 0. The molecule has 0 N–H and O–H groups in total. The van der Waals surface area contributed by atoms with Crippen molar-refractivity contribution in [1.29, 1.82) is 0 Å². The maximum atomic E-state index is 13.2. The van der Waals surface area contributed by atoms with Crippen LogP contribution in [-0.2, 0) is 14.8 Å². The first-order chi connectivity index (χ1) is 12.5. The largest absolute Gasteiger partial charge is 0.490 e. The lowest BCUT2D eigenvalue weighted by Gasteiger charge is -2.28. The van der Waals surface area contributed by atoms with Gasteiger partial charge in [0.15, 0.2) is 11.5 Å². The van der Waals surface area contributed by atoms with E-state index in [4.69, 9.17) is 9.47 Å². The number of carbonyl (C=O) groups is 1. The molecule has 1 aromatic rings. The number of likely N-dealkylation sites (N-methyl/N-ethyl adjacent to an activating group) is 1. The van der Waals surface area contributed by atoms with E-state index in [2.05, 4.69) is 0 Å². The van der Waals surface area contributed by atoms with E-state index in [-0.39, 0.29) is 16.7 Å². The number of amides is 1. The second kappa shape index (κ2) is 8.06. The normalized spacial score (nSPS) is 20.6. The van der Waals surface area contributed by atoms with Crippen molar-refractivity contribution in [3.05, 3.63) is 18.2 Å². The second-order valence-corrected chi connectivity index (χ2v) is 8.97. The third kappa shape index (κ3) is 3.65. The van der Waals surface area contributed by atoms with Crippen LogP contribution in [0.5, 0.6) is 11.5 Å². The predicted octanol–water partition coefficient (Wildman–Crippen LogP) is 1.78. The lowest BCUT2D eigenvalue weighted by Crippen LogP contribution is -2.48. The van der Waals surface area contributed by atoms with Gasteiger partial charge in [0.2, 0.25) is 15.9 Å². The van der Waals surface area contributed by atoms with Crippen LogP contribution in [0.25, 0.3) is 0 Å². The Morgan fingerprint density at radius 2 is 1.92 bits per heavy atom. The Hall–Kier alpha value is -1.45. The van der Waals surface area contributed by atoms with Gasteiger partial charge in [-0.25, -0.2) is 8.42 Å². The molecule has 1 fully saturated rings. The molecule has 1 amide bonds. The standard InChI is InChI=1S/C17H24N2O5S2/c1-3-18(4-2)17(20)14-11-25-12-19(14)26(21,22)13-6-7-15-16(10-13)24-9-5-8-23-15/h6-7,10,14H,3-5,8-9,11-12H2,1-2H3/t14-/m0/s1. The molecule has 0 bridgehead atoms. The summed E-state index contributed by atoms with van der Waals surface area (Å²) in [7, 11) is -3.80. The zero-order chi connectivity index (χ0) is 18.7. The van der Waals surface area contributed by atoms with E-state index in [0.717, 1.165) is 6.42 Å². The van der Waals surface area contributed by atoms with E-state index < -0.39 is 16.1 Å². The number of ether oxygens (including phenoxy) is 2.